The number of aliphatic hydroxyl groups is 1. The highest BCUT2D eigenvalue weighted by Crippen LogP contribution is 2.27. The van der Waals surface area contributed by atoms with Gasteiger partial charge in [0.15, 0.2) is 0 Å². The highest BCUT2D eigenvalue weighted by atomic mass is 16.5. The first kappa shape index (κ1) is 17.0. The molecular weight excluding hydrogens is 304 g/mol. The Hall–Kier alpha value is -1.85. The SMILES string of the molecule is COCCn1c(C(=O)N(C)CC2CCCC2O)cc2ccccc21. The second kappa shape index (κ2) is 7.36. The van der Waals surface area contributed by atoms with Crippen molar-refractivity contribution in [1.82, 2.24) is 9.47 Å². The maximum absolute atomic E-state index is 13.0. The zero-order valence-corrected chi connectivity index (χ0v) is 14.4. The summed E-state index contributed by atoms with van der Waals surface area (Å²) >= 11 is 0. The zero-order chi connectivity index (χ0) is 17.1. The van der Waals surface area contributed by atoms with E-state index in [1.54, 1.807) is 12.0 Å². The van der Waals surface area contributed by atoms with Gasteiger partial charge in [0.25, 0.3) is 5.91 Å². The summed E-state index contributed by atoms with van der Waals surface area (Å²) in [5, 5.41) is 11.1. The summed E-state index contributed by atoms with van der Waals surface area (Å²) in [4.78, 5) is 14.7. The van der Waals surface area contributed by atoms with Gasteiger partial charge in [-0.15, -0.1) is 0 Å². The Morgan fingerprint density at radius 3 is 2.88 bits per heavy atom. The molecule has 5 nitrogen and oxygen atoms in total. The first-order chi connectivity index (χ1) is 11.6. The molecule has 2 unspecified atom stereocenters. The molecular formula is C19H26N2O3. The summed E-state index contributed by atoms with van der Waals surface area (Å²) < 4.78 is 7.23. The van der Waals surface area contributed by atoms with Gasteiger partial charge >= 0.3 is 0 Å². The standard InChI is InChI=1S/C19H26N2O3/c1-20(13-15-7-5-9-18(15)22)19(23)17-12-14-6-3-4-8-16(14)21(17)10-11-24-2/h3-4,6,8,12,15,18,22H,5,7,9-11,13H2,1-2H3. The Bertz CT molecular complexity index is 710. The van der Waals surface area contributed by atoms with Crippen molar-refractivity contribution in [3.8, 4) is 0 Å². The average Bonchev–Trinajstić information content (AvgIpc) is 3.16. The molecule has 0 bridgehead atoms. The molecule has 1 aliphatic carbocycles. The molecule has 24 heavy (non-hydrogen) atoms. The minimum atomic E-state index is -0.278. The van der Waals surface area contributed by atoms with Crippen LogP contribution < -0.4 is 0 Å². The Morgan fingerprint density at radius 1 is 1.38 bits per heavy atom. The van der Waals surface area contributed by atoms with Gasteiger partial charge in [0, 0.05) is 44.1 Å². The van der Waals surface area contributed by atoms with Gasteiger partial charge in [-0.3, -0.25) is 4.79 Å². The van der Waals surface area contributed by atoms with Gasteiger partial charge in [0.1, 0.15) is 5.69 Å². The lowest BCUT2D eigenvalue weighted by atomic mass is 10.1. The molecule has 1 fully saturated rings. The summed E-state index contributed by atoms with van der Waals surface area (Å²) in [6, 6.07) is 9.97. The largest absolute Gasteiger partial charge is 0.393 e. The molecule has 0 radical (unpaired) electrons. The topological polar surface area (TPSA) is 54.7 Å². The molecule has 1 aromatic heterocycles. The van der Waals surface area contributed by atoms with Crippen molar-refractivity contribution in [3.63, 3.8) is 0 Å². The van der Waals surface area contributed by atoms with Crippen LogP contribution in [0.2, 0.25) is 0 Å². The first-order valence-corrected chi connectivity index (χ1v) is 8.62. The van der Waals surface area contributed by atoms with Crippen molar-refractivity contribution in [2.75, 3.05) is 27.3 Å². The van der Waals surface area contributed by atoms with E-state index in [-0.39, 0.29) is 17.9 Å². The van der Waals surface area contributed by atoms with Gasteiger partial charge < -0.3 is 19.3 Å². The van der Waals surface area contributed by atoms with Crippen LogP contribution in [0.5, 0.6) is 0 Å². The van der Waals surface area contributed by atoms with Gasteiger partial charge in [0.2, 0.25) is 0 Å². The summed E-state index contributed by atoms with van der Waals surface area (Å²) in [7, 11) is 3.49. The Morgan fingerprint density at radius 2 is 2.17 bits per heavy atom. The molecule has 2 aromatic rings. The third-order valence-corrected chi connectivity index (χ3v) is 5.02. The molecule has 1 saturated carbocycles. The van der Waals surface area contributed by atoms with Gasteiger partial charge in [0.05, 0.1) is 12.7 Å². The molecule has 1 N–H and O–H groups in total. The molecule has 0 spiro atoms. The number of para-hydroxylation sites is 1. The van der Waals surface area contributed by atoms with Crippen LogP contribution in [-0.4, -0.2) is 53.9 Å². The van der Waals surface area contributed by atoms with Crippen LogP contribution in [0.25, 0.3) is 10.9 Å². The molecule has 3 rings (SSSR count). The number of hydrogen-bond acceptors (Lipinski definition) is 3. The third kappa shape index (κ3) is 3.32. The van der Waals surface area contributed by atoms with E-state index < -0.39 is 0 Å². The molecule has 130 valence electrons. The fourth-order valence-corrected chi connectivity index (χ4v) is 3.67. The molecule has 0 saturated heterocycles. The van der Waals surface area contributed by atoms with E-state index in [0.717, 1.165) is 30.2 Å². The van der Waals surface area contributed by atoms with Crippen molar-refractivity contribution >= 4 is 16.8 Å². The lowest BCUT2D eigenvalue weighted by molar-refractivity contribution is 0.0682. The number of aliphatic hydroxyl groups excluding tert-OH is 1. The lowest BCUT2D eigenvalue weighted by Gasteiger charge is -2.24. The normalized spacial score (nSPS) is 20.6. The number of ether oxygens (including phenoxy) is 1. The molecule has 5 heteroatoms. The van der Waals surface area contributed by atoms with Crippen molar-refractivity contribution in [1.29, 1.82) is 0 Å². The van der Waals surface area contributed by atoms with E-state index in [1.807, 2.05) is 41.9 Å². The highest BCUT2D eigenvalue weighted by Gasteiger charge is 2.28. The second-order valence-corrected chi connectivity index (χ2v) is 6.68. The summed E-state index contributed by atoms with van der Waals surface area (Å²) in [6.45, 7) is 1.81. The van der Waals surface area contributed by atoms with Gasteiger partial charge in [-0.2, -0.15) is 0 Å². The molecule has 2 atom stereocenters. The number of fused-ring (bicyclic) bond motifs is 1. The van der Waals surface area contributed by atoms with Crippen LogP contribution in [0.15, 0.2) is 30.3 Å². The number of methoxy groups -OCH3 is 1. The Balaban J connectivity index is 1.85. The fraction of sp³-hybridized carbons (Fsp3) is 0.526. The van der Waals surface area contributed by atoms with Gasteiger partial charge in [-0.1, -0.05) is 24.6 Å². The summed E-state index contributed by atoms with van der Waals surface area (Å²) in [6.07, 6.45) is 2.60. The second-order valence-electron chi connectivity index (χ2n) is 6.68. The highest BCUT2D eigenvalue weighted by molar-refractivity contribution is 5.98. The molecule has 1 heterocycles. The number of rotatable bonds is 6. The maximum atomic E-state index is 13.0. The predicted molar refractivity (Wildman–Crippen MR) is 94.1 cm³/mol. The number of hydrogen-bond donors (Lipinski definition) is 1. The van der Waals surface area contributed by atoms with Crippen LogP contribution in [-0.2, 0) is 11.3 Å². The van der Waals surface area contributed by atoms with Gasteiger partial charge in [-0.25, -0.2) is 0 Å². The quantitative estimate of drug-likeness (QED) is 0.885. The van der Waals surface area contributed by atoms with E-state index in [9.17, 15) is 9.90 Å². The van der Waals surface area contributed by atoms with Gasteiger partial charge in [-0.05, 0) is 25.0 Å². The van der Waals surface area contributed by atoms with Crippen LogP contribution in [0.4, 0.5) is 0 Å². The predicted octanol–water partition coefficient (Wildman–Crippen LogP) is 2.52. The monoisotopic (exact) mass is 330 g/mol. The number of carbonyl (C=O) groups is 1. The smallest absolute Gasteiger partial charge is 0.270 e. The van der Waals surface area contributed by atoms with Crippen LogP contribution in [0.1, 0.15) is 29.8 Å². The van der Waals surface area contributed by atoms with Crippen molar-refractivity contribution in [2.45, 2.75) is 31.9 Å². The van der Waals surface area contributed by atoms with E-state index >= 15 is 0 Å². The van der Waals surface area contributed by atoms with E-state index in [0.29, 0.717) is 25.4 Å². The minimum Gasteiger partial charge on any atom is -0.393 e. The Labute approximate surface area is 142 Å². The molecule has 0 aliphatic heterocycles. The van der Waals surface area contributed by atoms with E-state index in [1.165, 1.54) is 0 Å². The van der Waals surface area contributed by atoms with E-state index in [4.69, 9.17) is 4.74 Å². The lowest BCUT2D eigenvalue weighted by Crippen LogP contribution is -2.35. The number of aromatic nitrogens is 1. The Kier molecular flexibility index (Phi) is 5.21. The number of amides is 1. The summed E-state index contributed by atoms with van der Waals surface area (Å²) in [5.74, 6) is 0.192. The number of carbonyl (C=O) groups excluding carboxylic acids is 1. The van der Waals surface area contributed by atoms with Crippen molar-refractivity contribution in [3.05, 3.63) is 36.0 Å². The summed E-state index contributed by atoms with van der Waals surface area (Å²) in [5.41, 5.74) is 1.73. The van der Waals surface area contributed by atoms with Crippen LogP contribution >= 0.6 is 0 Å². The zero-order valence-electron chi connectivity index (χ0n) is 14.4. The van der Waals surface area contributed by atoms with Crippen LogP contribution in [0, 0.1) is 5.92 Å². The van der Waals surface area contributed by atoms with Crippen LogP contribution in [0.3, 0.4) is 0 Å². The fourth-order valence-electron chi connectivity index (χ4n) is 3.67. The maximum Gasteiger partial charge on any atom is 0.270 e. The molecule has 1 aromatic carbocycles. The van der Waals surface area contributed by atoms with Crippen molar-refractivity contribution in [2.24, 2.45) is 5.92 Å². The minimum absolute atomic E-state index is 0.00130. The van der Waals surface area contributed by atoms with E-state index in [2.05, 4.69) is 0 Å². The average molecular weight is 330 g/mol. The first-order valence-electron chi connectivity index (χ1n) is 8.62. The number of nitrogens with zero attached hydrogens (tertiary/aromatic N) is 2. The number of benzene rings is 1. The molecule has 1 amide bonds. The third-order valence-electron chi connectivity index (χ3n) is 5.02. The molecule has 1 aliphatic rings. The van der Waals surface area contributed by atoms with Crippen molar-refractivity contribution < 1.29 is 14.6 Å².